The smallest absolute Gasteiger partial charge is 0.322 e. The van der Waals surface area contributed by atoms with Crippen LogP contribution in [0, 0.1) is 0 Å². The van der Waals surface area contributed by atoms with Crippen LogP contribution in [0.1, 0.15) is 24.8 Å². The van der Waals surface area contributed by atoms with E-state index >= 15 is 0 Å². The third-order valence-corrected chi connectivity index (χ3v) is 3.55. The Labute approximate surface area is 121 Å². The Bertz CT molecular complexity index is 587. The van der Waals surface area contributed by atoms with Gasteiger partial charge in [-0.15, -0.1) is 0 Å². The number of carbonyl (C=O) groups excluding carboxylic acids is 2. The van der Waals surface area contributed by atoms with Gasteiger partial charge < -0.3 is 16.2 Å². The molecule has 1 aromatic rings. The van der Waals surface area contributed by atoms with Crippen LogP contribution >= 0.6 is 0 Å². The molecule has 0 radical (unpaired) electrons. The third kappa shape index (κ3) is 2.96. The predicted molar refractivity (Wildman–Crippen MR) is 76.0 cm³/mol. The predicted octanol–water partition coefficient (Wildman–Crippen LogP) is 0.648. The first-order valence-corrected chi connectivity index (χ1v) is 6.61. The molecule has 1 aromatic carbocycles. The van der Waals surface area contributed by atoms with Gasteiger partial charge in [0.15, 0.2) is 0 Å². The fourth-order valence-electron chi connectivity index (χ4n) is 2.36. The van der Waals surface area contributed by atoms with E-state index < -0.39 is 29.9 Å². The van der Waals surface area contributed by atoms with Crippen molar-refractivity contribution in [2.24, 2.45) is 5.73 Å². The summed E-state index contributed by atoms with van der Waals surface area (Å²) in [6.07, 6.45) is 0.324. The molecule has 0 spiro atoms. The molecule has 1 heterocycles. The number of hydrogen-bond acceptors (Lipinski definition) is 3. The number of primary amides is 1. The lowest BCUT2D eigenvalue weighted by atomic mass is 9.90. The van der Waals surface area contributed by atoms with Crippen LogP contribution in [0.25, 0.3) is 0 Å². The number of carbonyl (C=O) groups is 3. The first kappa shape index (κ1) is 14.8. The number of hydrogen-bond donors (Lipinski definition) is 3. The Kier molecular flexibility index (Phi) is 4.11. The minimum absolute atomic E-state index is 0.269. The van der Waals surface area contributed by atoms with E-state index in [0.717, 1.165) is 0 Å². The van der Waals surface area contributed by atoms with Crippen LogP contribution in [0.4, 0.5) is 10.5 Å². The largest absolute Gasteiger partial charge is 0.481 e. The Morgan fingerprint density at radius 1 is 1.38 bits per heavy atom. The summed E-state index contributed by atoms with van der Waals surface area (Å²) in [6, 6.07) is 5.62. The van der Waals surface area contributed by atoms with Gasteiger partial charge in [-0.2, -0.15) is 0 Å². The first-order chi connectivity index (χ1) is 9.91. The molecule has 0 aliphatic carbocycles. The summed E-state index contributed by atoms with van der Waals surface area (Å²) in [5, 5.41) is 11.7. The van der Waals surface area contributed by atoms with Gasteiger partial charge in [0.05, 0.1) is 5.92 Å². The molecule has 1 aliphatic heterocycles. The number of nitrogens with zero attached hydrogens (tertiary/aromatic N) is 1. The third-order valence-electron chi connectivity index (χ3n) is 3.55. The SMILES string of the molecule is CC(NC(=O)N1CCC(C(=O)O)c2ccccc21)C(N)=O. The van der Waals surface area contributed by atoms with Crippen LogP contribution in [0.15, 0.2) is 24.3 Å². The molecule has 0 fully saturated rings. The van der Waals surface area contributed by atoms with E-state index in [1.807, 2.05) is 0 Å². The molecule has 2 atom stereocenters. The van der Waals surface area contributed by atoms with Gasteiger partial charge in [0.25, 0.3) is 0 Å². The van der Waals surface area contributed by atoms with Crippen molar-refractivity contribution in [2.75, 3.05) is 11.4 Å². The van der Waals surface area contributed by atoms with Gasteiger partial charge in [-0.05, 0) is 25.0 Å². The van der Waals surface area contributed by atoms with Crippen LogP contribution in [0.3, 0.4) is 0 Å². The van der Waals surface area contributed by atoms with Gasteiger partial charge in [0.1, 0.15) is 6.04 Å². The molecule has 7 nitrogen and oxygen atoms in total. The van der Waals surface area contributed by atoms with Crippen LogP contribution in [0.2, 0.25) is 0 Å². The van der Waals surface area contributed by atoms with Crippen molar-refractivity contribution in [2.45, 2.75) is 25.3 Å². The molecule has 112 valence electrons. The Morgan fingerprint density at radius 2 is 2.05 bits per heavy atom. The number of nitrogens with one attached hydrogen (secondary N) is 1. The summed E-state index contributed by atoms with van der Waals surface area (Å²) < 4.78 is 0. The van der Waals surface area contributed by atoms with E-state index in [2.05, 4.69) is 5.32 Å². The lowest BCUT2D eigenvalue weighted by molar-refractivity contribution is -0.139. The van der Waals surface area contributed by atoms with Crippen molar-refractivity contribution < 1.29 is 19.5 Å². The highest BCUT2D eigenvalue weighted by Crippen LogP contribution is 2.35. The summed E-state index contributed by atoms with van der Waals surface area (Å²) in [4.78, 5) is 35.9. The van der Waals surface area contributed by atoms with E-state index in [4.69, 9.17) is 5.73 Å². The van der Waals surface area contributed by atoms with Crippen LogP contribution < -0.4 is 16.0 Å². The number of carboxylic acids is 1. The maximum Gasteiger partial charge on any atom is 0.322 e. The summed E-state index contributed by atoms with van der Waals surface area (Å²) in [5.74, 6) is -2.16. The van der Waals surface area contributed by atoms with Gasteiger partial charge in [0.2, 0.25) is 5.91 Å². The number of urea groups is 1. The van der Waals surface area contributed by atoms with E-state index in [1.54, 1.807) is 24.3 Å². The summed E-state index contributed by atoms with van der Waals surface area (Å²) in [7, 11) is 0. The number of para-hydroxylation sites is 1. The van der Waals surface area contributed by atoms with Gasteiger partial charge in [-0.3, -0.25) is 14.5 Å². The zero-order valence-corrected chi connectivity index (χ0v) is 11.6. The van der Waals surface area contributed by atoms with Crippen molar-refractivity contribution in [3.8, 4) is 0 Å². The molecule has 4 N–H and O–H groups in total. The normalized spacial score (nSPS) is 18.5. The topological polar surface area (TPSA) is 113 Å². The Hall–Kier alpha value is -2.57. The van der Waals surface area contributed by atoms with E-state index in [-0.39, 0.29) is 6.54 Å². The fourth-order valence-corrected chi connectivity index (χ4v) is 2.36. The van der Waals surface area contributed by atoms with Crippen molar-refractivity contribution >= 4 is 23.6 Å². The summed E-state index contributed by atoms with van der Waals surface area (Å²) in [6.45, 7) is 1.77. The monoisotopic (exact) mass is 291 g/mol. The Morgan fingerprint density at radius 3 is 2.67 bits per heavy atom. The standard InChI is InChI=1S/C14H17N3O4/c1-8(12(15)18)16-14(21)17-7-6-10(13(19)20)9-4-2-3-5-11(9)17/h2-5,8,10H,6-7H2,1H3,(H2,15,18)(H,16,21)(H,19,20). The molecule has 0 saturated heterocycles. The van der Waals surface area contributed by atoms with Crippen molar-refractivity contribution in [1.82, 2.24) is 5.32 Å². The van der Waals surface area contributed by atoms with Crippen LogP contribution in [-0.4, -0.2) is 35.6 Å². The van der Waals surface area contributed by atoms with E-state index in [0.29, 0.717) is 17.7 Å². The Balaban J connectivity index is 2.27. The van der Waals surface area contributed by atoms with Gasteiger partial charge >= 0.3 is 12.0 Å². The van der Waals surface area contributed by atoms with Gasteiger partial charge in [0, 0.05) is 12.2 Å². The zero-order valence-electron chi connectivity index (χ0n) is 11.6. The number of anilines is 1. The molecule has 0 aromatic heterocycles. The molecule has 3 amide bonds. The first-order valence-electron chi connectivity index (χ1n) is 6.61. The maximum absolute atomic E-state index is 12.2. The van der Waals surface area contributed by atoms with Crippen molar-refractivity contribution in [1.29, 1.82) is 0 Å². The highest BCUT2D eigenvalue weighted by molar-refractivity contribution is 5.97. The molecule has 2 unspecified atom stereocenters. The van der Waals surface area contributed by atoms with E-state index in [1.165, 1.54) is 11.8 Å². The number of rotatable bonds is 3. The quantitative estimate of drug-likeness (QED) is 0.758. The van der Waals surface area contributed by atoms with Crippen LogP contribution in [0.5, 0.6) is 0 Å². The molecule has 0 bridgehead atoms. The lowest BCUT2D eigenvalue weighted by Crippen LogP contribution is -2.50. The van der Waals surface area contributed by atoms with Crippen molar-refractivity contribution in [3.63, 3.8) is 0 Å². The zero-order chi connectivity index (χ0) is 15.6. The molecular weight excluding hydrogens is 274 g/mol. The van der Waals surface area contributed by atoms with Gasteiger partial charge in [-0.25, -0.2) is 4.79 Å². The fraction of sp³-hybridized carbons (Fsp3) is 0.357. The van der Waals surface area contributed by atoms with E-state index in [9.17, 15) is 19.5 Å². The number of carboxylic acid groups (broad SMARTS) is 1. The molecule has 21 heavy (non-hydrogen) atoms. The van der Waals surface area contributed by atoms with Crippen molar-refractivity contribution in [3.05, 3.63) is 29.8 Å². The highest BCUT2D eigenvalue weighted by atomic mass is 16.4. The average Bonchev–Trinajstić information content (AvgIpc) is 2.45. The molecule has 2 rings (SSSR count). The molecule has 1 aliphatic rings. The van der Waals surface area contributed by atoms with Gasteiger partial charge in [-0.1, -0.05) is 18.2 Å². The molecular formula is C14H17N3O4. The van der Waals surface area contributed by atoms with Crippen LogP contribution in [-0.2, 0) is 9.59 Å². The second kappa shape index (κ2) is 5.82. The number of benzene rings is 1. The molecule has 7 heteroatoms. The number of aliphatic carboxylic acids is 1. The second-order valence-electron chi connectivity index (χ2n) is 4.96. The summed E-state index contributed by atoms with van der Waals surface area (Å²) >= 11 is 0. The number of nitrogens with two attached hydrogens (primary N) is 1. The minimum atomic E-state index is -0.909. The molecule has 0 saturated carbocycles. The average molecular weight is 291 g/mol. The number of amides is 3. The second-order valence-corrected chi connectivity index (χ2v) is 4.96. The number of fused-ring (bicyclic) bond motifs is 1. The highest BCUT2D eigenvalue weighted by Gasteiger charge is 2.32. The maximum atomic E-state index is 12.2. The minimum Gasteiger partial charge on any atom is -0.481 e. The summed E-state index contributed by atoms with van der Waals surface area (Å²) in [5.41, 5.74) is 6.26. The lowest BCUT2D eigenvalue weighted by Gasteiger charge is -2.33.